The van der Waals surface area contributed by atoms with Crippen LogP contribution >= 0.6 is 11.3 Å². The summed E-state index contributed by atoms with van der Waals surface area (Å²) in [5, 5.41) is 4.63. The predicted octanol–water partition coefficient (Wildman–Crippen LogP) is 1.98. The quantitative estimate of drug-likeness (QED) is 0.797. The Bertz CT molecular complexity index is 414. The molecular formula is C10H11F3N2S. The lowest BCUT2D eigenvalue weighted by molar-refractivity contribution is -0.138. The molecule has 4 atom stereocenters. The van der Waals surface area contributed by atoms with Crippen LogP contribution in [-0.4, -0.2) is 12.6 Å². The molecule has 1 aliphatic heterocycles. The number of fused-ring (bicyclic) bond motifs is 1. The lowest BCUT2D eigenvalue weighted by Crippen LogP contribution is -2.26. The summed E-state index contributed by atoms with van der Waals surface area (Å²) in [6, 6.07) is 1.04. The van der Waals surface area contributed by atoms with E-state index in [1.807, 2.05) is 0 Å². The van der Waals surface area contributed by atoms with Crippen molar-refractivity contribution in [3.05, 3.63) is 21.9 Å². The second-order valence-corrected chi connectivity index (χ2v) is 5.35. The topological polar surface area (TPSA) is 38.0 Å². The van der Waals surface area contributed by atoms with Gasteiger partial charge in [-0.3, -0.25) is 0 Å². The average Bonchev–Trinajstić information content (AvgIpc) is 2.69. The van der Waals surface area contributed by atoms with Crippen LogP contribution in [0.15, 0.2) is 11.4 Å². The second kappa shape index (κ2) is 3.21. The van der Waals surface area contributed by atoms with Crippen molar-refractivity contribution >= 4 is 11.3 Å². The lowest BCUT2D eigenvalue weighted by atomic mass is 10.1. The summed E-state index contributed by atoms with van der Waals surface area (Å²) in [6.07, 6.45) is -4.26. The Balaban J connectivity index is 1.93. The molecule has 2 heterocycles. The summed E-state index contributed by atoms with van der Waals surface area (Å²) in [6.45, 7) is 0.742. The Labute approximate surface area is 94.6 Å². The highest BCUT2D eigenvalue weighted by atomic mass is 32.1. The van der Waals surface area contributed by atoms with Crippen molar-refractivity contribution in [2.45, 2.75) is 18.3 Å². The van der Waals surface area contributed by atoms with Crippen molar-refractivity contribution in [1.82, 2.24) is 5.32 Å². The van der Waals surface area contributed by atoms with E-state index >= 15 is 0 Å². The minimum Gasteiger partial charge on any atom is -0.327 e. The first-order chi connectivity index (χ1) is 7.50. The molecule has 2 nitrogen and oxygen atoms in total. The second-order valence-electron chi connectivity index (χ2n) is 4.40. The fourth-order valence-electron chi connectivity index (χ4n) is 2.63. The molecule has 1 saturated heterocycles. The summed E-state index contributed by atoms with van der Waals surface area (Å²) in [4.78, 5) is 0.396. The van der Waals surface area contributed by atoms with Crippen LogP contribution in [-0.2, 0) is 6.18 Å². The normalized spacial score (nSPS) is 37.5. The van der Waals surface area contributed by atoms with Gasteiger partial charge in [0.15, 0.2) is 0 Å². The van der Waals surface area contributed by atoms with E-state index in [4.69, 9.17) is 5.73 Å². The number of alkyl halides is 3. The standard InChI is InChI=1S/C10H11F3N2S/c11-10(12,13)5-1-2-16-9(5)8-6-4(3-15-8)7(6)14/h1-2,4,6-8,15H,3,14H2. The number of piperidine rings is 1. The molecule has 2 aliphatic rings. The van der Waals surface area contributed by atoms with Crippen LogP contribution in [0.3, 0.4) is 0 Å². The van der Waals surface area contributed by atoms with Crippen molar-refractivity contribution in [3.63, 3.8) is 0 Å². The number of hydrogen-bond acceptors (Lipinski definition) is 3. The first kappa shape index (κ1) is 10.6. The fraction of sp³-hybridized carbons (Fsp3) is 0.600. The highest BCUT2D eigenvalue weighted by molar-refractivity contribution is 7.10. The summed E-state index contributed by atoms with van der Waals surface area (Å²) in [7, 11) is 0. The van der Waals surface area contributed by atoms with Gasteiger partial charge in [-0.15, -0.1) is 11.3 Å². The van der Waals surface area contributed by atoms with Crippen LogP contribution in [0, 0.1) is 11.8 Å². The van der Waals surface area contributed by atoms with Crippen LogP contribution < -0.4 is 11.1 Å². The lowest BCUT2D eigenvalue weighted by Gasteiger charge is -2.16. The first-order valence-electron chi connectivity index (χ1n) is 5.13. The summed E-state index contributed by atoms with van der Waals surface area (Å²) in [5.74, 6) is 0.563. The van der Waals surface area contributed by atoms with E-state index < -0.39 is 11.7 Å². The molecule has 2 fully saturated rings. The molecule has 3 N–H and O–H groups in total. The maximum absolute atomic E-state index is 12.7. The summed E-state index contributed by atoms with van der Waals surface area (Å²) in [5.41, 5.74) is 5.31. The molecule has 0 radical (unpaired) electrons. The van der Waals surface area contributed by atoms with E-state index in [-0.39, 0.29) is 18.0 Å². The molecule has 0 spiro atoms. The average molecular weight is 248 g/mol. The smallest absolute Gasteiger partial charge is 0.327 e. The van der Waals surface area contributed by atoms with Gasteiger partial charge in [-0.25, -0.2) is 0 Å². The molecule has 6 heteroatoms. The van der Waals surface area contributed by atoms with Crippen molar-refractivity contribution in [2.24, 2.45) is 17.6 Å². The van der Waals surface area contributed by atoms with Gasteiger partial charge in [0.05, 0.1) is 5.56 Å². The van der Waals surface area contributed by atoms with Gasteiger partial charge in [-0.2, -0.15) is 13.2 Å². The Hall–Kier alpha value is -0.590. The maximum atomic E-state index is 12.7. The number of thiophene rings is 1. The molecule has 0 amide bonds. The number of nitrogens with one attached hydrogen (secondary N) is 1. The molecular weight excluding hydrogens is 237 g/mol. The van der Waals surface area contributed by atoms with Crippen LogP contribution in [0.5, 0.6) is 0 Å². The zero-order valence-corrected chi connectivity index (χ0v) is 9.11. The van der Waals surface area contributed by atoms with E-state index in [1.165, 1.54) is 16.7 Å². The number of halogens is 3. The van der Waals surface area contributed by atoms with E-state index in [0.717, 1.165) is 12.6 Å². The highest BCUT2D eigenvalue weighted by Crippen LogP contribution is 2.53. The van der Waals surface area contributed by atoms with Crippen LogP contribution in [0.2, 0.25) is 0 Å². The van der Waals surface area contributed by atoms with Gasteiger partial charge in [0.25, 0.3) is 0 Å². The summed E-state index contributed by atoms with van der Waals surface area (Å²) < 4.78 is 38.2. The van der Waals surface area contributed by atoms with Gasteiger partial charge in [0, 0.05) is 29.4 Å². The van der Waals surface area contributed by atoms with Gasteiger partial charge in [-0.1, -0.05) is 0 Å². The minimum atomic E-state index is -4.26. The van der Waals surface area contributed by atoms with Gasteiger partial charge in [-0.05, 0) is 17.4 Å². The van der Waals surface area contributed by atoms with Gasteiger partial charge in [0.2, 0.25) is 0 Å². The van der Waals surface area contributed by atoms with E-state index in [2.05, 4.69) is 5.32 Å². The third-order valence-electron chi connectivity index (χ3n) is 3.53. The van der Waals surface area contributed by atoms with Crippen molar-refractivity contribution in [1.29, 1.82) is 0 Å². The molecule has 88 valence electrons. The minimum absolute atomic E-state index is 0.0782. The van der Waals surface area contributed by atoms with Crippen LogP contribution in [0.4, 0.5) is 13.2 Å². The summed E-state index contributed by atoms with van der Waals surface area (Å²) >= 11 is 1.17. The maximum Gasteiger partial charge on any atom is 0.417 e. The fourth-order valence-corrected chi connectivity index (χ4v) is 3.68. The molecule has 1 saturated carbocycles. The molecule has 16 heavy (non-hydrogen) atoms. The Morgan fingerprint density at radius 1 is 1.44 bits per heavy atom. The Morgan fingerprint density at radius 3 is 2.75 bits per heavy atom. The third kappa shape index (κ3) is 1.40. The molecule has 3 rings (SSSR count). The highest BCUT2D eigenvalue weighted by Gasteiger charge is 2.57. The largest absolute Gasteiger partial charge is 0.417 e. The molecule has 0 bridgehead atoms. The SMILES string of the molecule is NC1C2CNC(c3sccc3C(F)(F)F)C12. The third-order valence-corrected chi connectivity index (χ3v) is 4.53. The molecule has 1 aromatic rings. The molecule has 4 unspecified atom stereocenters. The van der Waals surface area contributed by atoms with Gasteiger partial charge >= 0.3 is 6.18 Å². The zero-order chi connectivity index (χ0) is 11.5. The first-order valence-corrected chi connectivity index (χ1v) is 6.01. The van der Waals surface area contributed by atoms with E-state index in [9.17, 15) is 13.2 Å². The van der Waals surface area contributed by atoms with Gasteiger partial charge in [0.1, 0.15) is 0 Å². The number of nitrogens with two attached hydrogens (primary N) is 1. The monoisotopic (exact) mass is 248 g/mol. The molecule has 1 aliphatic carbocycles. The van der Waals surface area contributed by atoms with Crippen LogP contribution in [0.25, 0.3) is 0 Å². The number of rotatable bonds is 1. The number of hydrogen-bond donors (Lipinski definition) is 2. The van der Waals surface area contributed by atoms with Crippen molar-refractivity contribution in [2.75, 3.05) is 6.54 Å². The Kier molecular flexibility index (Phi) is 2.12. The van der Waals surface area contributed by atoms with Gasteiger partial charge < -0.3 is 11.1 Å². The van der Waals surface area contributed by atoms with Crippen molar-refractivity contribution < 1.29 is 13.2 Å². The van der Waals surface area contributed by atoms with Crippen LogP contribution in [0.1, 0.15) is 16.5 Å². The Morgan fingerprint density at radius 2 is 2.19 bits per heavy atom. The van der Waals surface area contributed by atoms with Crippen molar-refractivity contribution in [3.8, 4) is 0 Å². The molecule has 1 aromatic heterocycles. The zero-order valence-electron chi connectivity index (χ0n) is 8.29. The molecule has 0 aromatic carbocycles. The predicted molar refractivity (Wildman–Crippen MR) is 55.0 cm³/mol. The van der Waals surface area contributed by atoms with E-state index in [0.29, 0.717) is 10.8 Å². The van der Waals surface area contributed by atoms with E-state index in [1.54, 1.807) is 0 Å².